The Kier molecular flexibility index (Phi) is 3.59. The van der Waals surface area contributed by atoms with E-state index in [1.165, 1.54) is 15.3 Å². The number of aryl methyl sites for hydroxylation is 2. The Hall–Kier alpha value is -2.01. The van der Waals surface area contributed by atoms with E-state index in [2.05, 4.69) is 29.8 Å². The molecule has 1 atom stereocenters. The number of anilines is 1. The minimum absolute atomic E-state index is 0.169. The lowest BCUT2D eigenvalue weighted by atomic mass is 10.1. The minimum atomic E-state index is 0.169. The lowest BCUT2D eigenvalue weighted by Crippen LogP contribution is -2.36. The molecule has 1 aromatic heterocycles. The van der Waals surface area contributed by atoms with Crippen molar-refractivity contribution in [1.82, 2.24) is 0 Å². The number of benzene rings is 1. The number of thiophene rings is 1. The van der Waals surface area contributed by atoms with Crippen molar-refractivity contribution < 1.29 is 4.74 Å². The van der Waals surface area contributed by atoms with Crippen LogP contribution in [0.3, 0.4) is 0 Å². The van der Waals surface area contributed by atoms with Crippen LogP contribution in [-0.4, -0.2) is 19.6 Å². The predicted octanol–water partition coefficient (Wildman–Crippen LogP) is 3.25. The van der Waals surface area contributed by atoms with E-state index < -0.39 is 0 Å². The topological polar surface area (TPSA) is 50.9 Å². The van der Waals surface area contributed by atoms with Gasteiger partial charge in [0.2, 0.25) is 0 Å². The van der Waals surface area contributed by atoms with Crippen LogP contribution in [0.4, 0.5) is 5.69 Å². The van der Waals surface area contributed by atoms with E-state index in [-0.39, 0.29) is 6.04 Å². The molecule has 2 heterocycles. The predicted molar refractivity (Wildman–Crippen MR) is 88.5 cm³/mol. The van der Waals surface area contributed by atoms with Gasteiger partial charge in [-0.2, -0.15) is 0 Å². The number of nitrogens with two attached hydrogens (primary N) is 1. The second-order valence-corrected chi connectivity index (χ2v) is 6.62. The highest BCUT2D eigenvalue weighted by molar-refractivity contribution is 7.12. The minimum Gasteiger partial charge on any atom is -0.497 e. The molecule has 0 radical (unpaired) electrons. The van der Waals surface area contributed by atoms with Gasteiger partial charge in [-0.15, -0.1) is 11.3 Å². The summed E-state index contributed by atoms with van der Waals surface area (Å²) in [5, 5.41) is 0. The quantitative estimate of drug-likeness (QED) is 0.946. The van der Waals surface area contributed by atoms with Crippen LogP contribution in [0.5, 0.6) is 5.75 Å². The van der Waals surface area contributed by atoms with Gasteiger partial charge in [0, 0.05) is 21.5 Å². The van der Waals surface area contributed by atoms with Gasteiger partial charge >= 0.3 is 0 Å². The van der Waals surface area contributed by atoms with Gasteiger partial charge in [-0.25, -0.2) is 0 Å². The Labute approximate surface area is 128 Å². The van der Waals surface area contributed by atoms with Gasteiger partial charge < -0.3 is 15.4 Å². The number of hydrogen-bond donors (Lipinski definition) is 1. The number of guanidine groups is 1. The molecule has 2 aromatic rings. The molecule has 110 valence electrons. The van der Waals surface area contributed by atoms with Gasteiger partial charge in [0.15, 0.2) is 5.96 Å². The lowest BCUT2D eigenvalue weighted by Gasteiger charge is -2.26. The molecule has 1 unspecified atom stereocenters. The molecule has 1 aromatic carbocycles. The van der Waals surface area contributed by atoms with Gasteiger partial charge in [-0.3, -0.25) is 4.99 Å². The van der Waals surface area contributed by atoms with Crippen LogP contribution < -0.4 is 15.4 Å². The molecule has 0 amide bonds. The highest BCUT2D eigenvalue weighted by Crippen LogP contribution is 2.36. The molecule has 0 fully saturated rings. The molecule has 1 aliphatic heterocycles. The largest absolute Gasteiger partial charge is 0.497 e. The second kappa shape index (κ2) is 5.41. The number of aliphatic imine (C=N–C) groups is 1. The molecule has 5 heteroatoms. The first-order valence-electron chi connectivity index (χ1n) is 6.90. The summed E-state index contributed by atoms with van der Waals surface area (Å²) in [6.07, 6.45) is 0. The van der Waals surface area contributed by atoms with Crippen molar-refractivity contribution in [1.29, 1.82) is 0 Å². The fourth-order valence-corrected chi connectivity index (χ4v) is 3.77. The van der Waals surface area contributed by atoms with Gasteiger partial charge in [-0.1, -0.05) is 6.07 Å². The van der Waals surface area contributed by atoms with Crippen LogP contribution in [0, 0.1) is 13.8 Å². The maximum absolute atomic E-state index is 6.13. The second-order valence-electron chi connectivity index (χ2n) is 5.15. The molecular formula is C16H19N3OS. The maximum Gasteiger partial charge on any atom is 0.196 e. The lowest BCUT2D eigenvalue weighted by molar-refractivity contribution is 0.415. The summed E-state index contributed by atoms with van der Waals surface area (Å²) in [6.45, 7) is 4.99. The van der Waals surface area contributed by atoms with Crippen molar-refractivity contribution in [2.45, 2.75) is 19.9 Å². The van der Waals surface area contributed by atoms with Crippen molar-refractivity contribution in [2.75, 3.05) is 18.6 Å². The third-order valence-corrected chi connectivity index (χ3v) is 4.74. The first kappa shape index (κ1) is 13.9. The Morgan fingerprint density at radius 1 is 1.33 bits per heavy atom. The smallest absolute Gasteiger partial charge is 0.196 e. The van der Waals surface area contributed by atoms with E-state index in [1.54, 1.807) is 7.11 Å². The molecule has 0 saturated heterocycles. The van der Waals surface area contributed by atoms with Crippen LogP contribution in [0.1, 0.15) is 21.4 Å². The van der Waals surface area contributed by atoms with E-state index in [0.717, 1.165) is 11.4 Å². The zero-order chi connectivity index (χ0) is 15.0. The first-order valence-corrected chi connectivity index (χ1v) is 7.72. The zero-order valence-corrected chi connectivity index (χ0v) is 13.3. The summed E-state index contributed by atoms with van der Waals surface area (Å²) in [4.78, 5) is 9.18. The maximum atomic E-state index is 6.13. The average molecular weight is 301 g/mol. The molecule has 1 aliphatic rings. The Bertz CT molecular complexity index is 693. The van der Waals surface area contributed by atoms with Gasteiger partial charge in [0.05, 0.1) is 19.7 Å². The SMILES string of the molecule is COc1cccc(N2C(N)=NCC2c2cc(C)sc2C)c1. The molecule has 0 saturated carbocycles. The van der Waals surface area contributed by atoms with Crippen LogP contribution in [0.25, 0.3) is 0 Å². The number of ether oxygens (including phenoxy) is 1. The van der Waals surface area contributed by atoms with Crippen LogP contribution in [0.15, 0.2) is 35.3 Å². The van der Waals surface area contributed by atoms with Crippen molar-refractivity contribution in [3.8, 4) is 5.75 Å². The summed E-state index contributed by atoms with van der Waals surface area (Å²) < 4.78 is 5.31. The van der Waals surface area contributed by atoms with Crippen molar-refractivity contribution >= 4 is 23.0 Å². The first-order chi connectivity index (χ1) is 10.1. The molecule has 0 bridgehead atoms. The monoisotopic (exact) mass is 301 g/mol. The zero-order valence-electron chi connectivity index (χ0n) is 12.5. The van der Waals surface area contributed by atoms with Crippen LogP contribution in [0.2, 0.25) is 0 Å². The summed E-state index contributed by atoms with van der Waals surface area (Å²) in [5.74, 6) is 1.39. The Balaban J connectivity index is 2.01. The molecular weight excluding hydrogens is 282 g/mol. The van der Waals surface area contributed by atoms with Crippen LogP contribution in [-0.2, 0) is 0 Å². The van der Waals surface area contributed by atoms with Gasteiger partial charge in [-0.05, 0) is 37.6 Å². The number of rotatable bonds is 3. The summed E-state index contributed by atoms with van der Waals surface area (Å²) in [7, 11) is 1.67. The molecule has 0 spiro atoms. The molecule has 21 heavy (non-hydrogen) atoms. The van der Waals surface area contributed by atoms with Crippen molar-refractivity contribution in [3.63, 3.8) is 0 Å². The Morgan fingerprint density at radius 2 is 2.14 bits per heavy atom. The third kappa shape index (κ3) is 2.49. The molecule has 2 N–H and O–H groups in total. The summed E-state index contributed by atoms with van der Waals surface area (Å²) in [5.41, 5.74) is 8.45. The Morgan fingerprint density at radius 3 is 2.81 bits per heavy atom. The van der Waals surface area contributed by atoms with E-state index in [4.69, 9.17) is 10.5 Å². The highest BCUT2D eigenvalue weighted by atomic mass is 32.1. The number of methoxy groups -OCH3 is 1. The van der Waals surface area contributed by atoms with E-state index in [1.807, 2.05) is 35.6 Å². The van der Waals surface area contributed by atoms with Crippen LogP contribution >= 0.6 is 11.3 Å². The van der Waals surface area contributed by atoms with Gasteiger partial charge in [0.25, 0.3) is 0 Å². The molecule has 3 rings (SSSR count). The normalized spacial score (nSPS) is 18.0. The number of nitrogens with zero attached hydrogens (tertiary/aromatic N) is 2. The molecule has 4 nitrogen and oxygen atoms in total. The third-order valence-electron chi connectivity index (χ3n) is 3.75. The summed E-state index contributed by atoms with van der Waals surface area (Å²) in [6, 6.07) is 10.4. The highest BCUT2D eigenvalue weighted by Gasteiger charge is 2.30. The van der Waals surface area contributed by atoms with Gasteiger partial charge in [0.1, 0.15) is 5.75 Å². The van der Waals surface area contributed by atoms with Crippen molar-refractivity contribution in [3.05, 3.63) is 45.6 Å². The summed E-state index contributed by atoms with van der Waals surface area (Å²) >= 11 is 1.82. The average Bonchev–Trinajstić information content (AvgIpc) is 3.01. The number of hydrogen-bond acceptors (Lipinski definition) is 5. The van der Waals surface area contributed by atoms with E-state index >= 15 is 0 Å². The fourth-order valence-electron chi connectivity index (χ4n) is 2.79. The fraction of sp³-hybridized carbons (Fsp3) is 0.312. The van der Waals surface area contributed by atoms with Crippen molar-refractivity contribution in [2.24, 2.45) is 10.7 Å². The standard InChI is InChI=1S/C16H19N3OS/c1-10-7-14(11(2)21-10)15-9-18-16(17)19(15)12-5-4-6-13(8-12)20-3/h4-8,15H,9H2,1-3H3,(H2,17,18). The van der Waals surface area contributed by atoms with E-state index in [0.29, 0.717) is 12.5 Å². The van der Waals surface area contributed by atoms with E-state index in [9.17, 15) is 0 Å². The molecule has 0 aliphatic carbocycles.